The van der Waals surface area contributed by atoms with Crippen LogP contribution in [0.2, 0.25) is 0 Å². The molecule has 0 aromatic carbocycles. The predicted molar refractivity (Wildman–Crippen MR) is 88.9 cm³/mol. The number of quaternary nitrogens is 1. The zero-order valence-electron chi connectivity index (χ0n) is 14.7. The summed E-state index contributed by atoms with van der Waals surface area (Å²) in [5, 5.41) is 18.7. The van der Waals surface area contributed by atoms with Crippen LogP contribution in [0.3, 0.4) is 0 Å². The number of aliphatic hydroxyl groups excluding tert-OH is 1. The first-order valence-corrected chi connectivity index (χ1v) is 8.67. The lowest BCUT2D eigenvalue weighted by atomic mass is 10.1. The van der Waals surface area contributed by atoms with Crippen molar-refractivity contribution in [3.63, 3.8) is 0 Å². The van der Waals surface area contributed by atoms with E-state index in [1.807, 2.05) is 0 Å². The van der Waals surface area contributed by atoms with Crippen molar-refractivity contribution in [2.24, 2.45) is 0 Å². The first-order valence-electron chi connectivity index (χ1n) is 8.67. The number of unbranched alkanes of at least 4 members (excludes halogenated alkanes) is 7. The van der Waals surface area contributed by atoms with Gasteiger partial charge in [0.05, 0.1) is 20.7 Å². The van der Waals surface area contributed by atoms with E-state index in [1.54, 1.807) is 14.1 Å². The van der Waals surface area contributed by atoms with Crippen molar-refractivity contribution in [3.05, 3.63) is 0 Å². The van der Waals surface area contributed by atoms with Gasteiger partial charge in [0.15, 0.2) is 6.54 Å². The van der Waals surface area contributed by atoms with Gasteiger partial charge in [0.25, 0.3) is 0 Å². The summed E-state index contributed by atoms with van der Waals surface area (Å²) in [7, 11) is 3.60. The Morgan fingerprint density at radius 1 is 1.05 bits per heavy atom. The van der Waals surface area contributed by atoms with Gasteiger partial charge in [-0.3, -0.25) is 0 Å². The van der Waals surface area contributed by atoms with Crippen LogP contribution in [0, 0.1) is 0 Å². The Bertz CT molecular complexity index is 282. The minimum absolute atomic E-state index is 0.00902. The first-order chi connectivity index (χ1) is 10.4. The number of likely N-dealkylation sites (N-methyl/N-ethyl adjacent to an activating group) is 1. The minimum atomic E-state index is -0.850. The second-order valence-electron chi connectivity index (χ2n) is 6.87. The molecule has 0 rings (SSSR count). The molecule has 5 heteroatoms. The number of ether oxygens (including phenoxy) is 1. The van der Waals surface area contributed by atoms with Crippen LogP contribution in [0.15, 0.2) is 0 Å². The lowest BCUT2D eigenvalue weighted by molar-refractivity contribution is -0.886. The average Bonchev–Trinajstić information content (AvgIpc) is 2.38. The molecule has 132 valence electrons. The summed E-state index contributed by atoms with van der Waals surface area (Å²) >= 11 is 0. The normalized spacial score (nSPS) is 13.3. The average molecular weight is 318 g/mol. The summed E-state index contributed by atoms with van der Waals surface area (Å²) in [6.07, 6.45) is 9.50. The molecule has 22 heavy (non-hydrogen) atoms. The molecule has 0 heterocycles. The largest absolute Gasteiger partial charge is 0.477 e. The molecule has 5 nitrogen and oxygen atoms in total. The van der Waals surface area contributed by atoms with E-state index in [0.717, 1.165) is 6.42 Å². The molecule has 0 amide bonds. The van der Waals surface area contributed by atoms with Gasteiger partial charge in [-0.1, -0.05) is 51.9 Å². The van der Waals surface area contributed by atoms with E-state index < -0.39 is 12.1 Å². The number of aliphatic carboxylic acids is 1. The van der Waals surface area contributed by atoms with Crippen molar-refractivity contribution in [2.75, 3.05) is 40.4 Å². The van der Waals surface area contributed by atoms with E-state index in [-0.39, 0.29) is 17.6 Å². The number of hydrogen-bond acceptors (Lipinski definition) is 3. The van der Waals surface area contributed by atoms with Gasteiger partial charge in [-0.15, -0.1) is 0 Å². The molecule has 0 aliphatic heterocycles. The van der Waals surface area contributed by atoms with Crippen LogP contribution in [-0.2, 0) is 9.53 Å². The second kappa shape index (κ2) is 12.9. The standard InChI is InChI=1S/C17H35NO4/c1-4-5-6-7-8-9-10-11-12-22-15-16(19)13-18(2,3)14-17(20)21/h16,19H,4-15H2,1-3H3/p+1. The van der Waals surface area contributed by atoms with E-state index in [1.165, 1.54) is 44.9 Å². The number of carboxylic acid groups (broad SMARTS) is 1. The summed E-state index contributed by atoms with van der Waals surface area (Å²) in [5.74, 6) is -0.850. The van der Waals surface area contributed by atoms with E-state index in [2.05, 4.69) is 6.92 Å². The van der Waals surface area contributed by atoms with Gasteiger partial charge in [0.1, 0.15) is 12.6 Å². The zero-order chi connectivity index (χ0) is 16.8. The number of rotatable bonds is 15. The van der Waals surface area contributed by atoms with E-state index in [0.29, 0.717) is 13.2 Å². The molecule has 1 unspecified atom stereocenters. The third kappa shape index (κ3) is 14.3. The lowest BCUT2D eigenvalue weighted by Gasteiger charge is -2.29. The maximum atomic E-state index is 10.7. The fourth-order valence-electron chi connectivity index (χ4n) is 2.61. The Morgan fingerprint density at radius 2 is 1.59 bits per heavy atom. The van der Waals surface area contributed by atoms with Crippen molar-refractivity contribution < 1.29 is 24.2 Å². The Kier molecular flexibility index (Phi) is 12.5. The van der Waals surface area contributed by atoms with Crippen LogP contribution in [0.5, 0.6) is 0 Å². The third-order valence-corrected chi connectivity index (χ3v) is 3.72. The minimum Gasteiger partial charge on any atom is -0.477 e. The van der Waals surface area contributed by atoms with Crippen LogP contribution < -0.4 is 0 Å². The molecule has 2 N–H and O–H groups in total. The highest BCUT2D eigenvalue weighted by atomic mass is 16.5. The molecular weight excluding hydrogens is 282 g/mol. The molecule has 1 atom stereocenters. The van der Waals surface area contributed by atoms with Crippen molar-refractivity contribution >= 4 is 5.97 Å². The molecule has 0 saturated heterocycles. The van der Waals surface area contributed by atoms with Gasteiger partial charge in [-0.25, -0.2) is 4.79 Å². The molecular formula is C17H36NO4+. The molecule has 0 saturated carbocycles. The summed E-state index contributed by atoms with van der Waals surface area (Å²) < 4.78 is 5.75. The Labute approximate surface area is 135 Å². The van der Waals surface area contributed by atoms with Crippen LogP contribution in [-0.4, -0.2) is 67.2 Å². The highest BCUT2D eigenvalue weighted by molar-refractivity contribution is 5.67. The highest BCUT2D eigenvalue weighted by Crippen LogP contribution is 2.08. The third-order valence-electron chi connectivity index (χ3n) is 3.72. The van der Waals surface area contributed by atoms with Crippen LogP contribution >= 0.6 is 0 Å². The number of nitrogens with zero attached hydrogens (tertiary/aromatic N) is 1. The predicted octanol–water partition coefficient (Wildman–Crippen LogP) is 2.67. The number of carboxylic acids is 1. The van der Waals surface area contributed by atoms with Crippen molar-refractivity contribution in [1.82, 2.24) is 0 Å². The molecule has 0 radical (unpaired) electrons. The second-order valence-corrected chi connectivity index (χ2v) is 6.87. The fourth-order valence-corrected chi connectivity index (χ4v) is 2.61. The summed E-state index contributed by atoms with van der Waals surface area (Å²) in [6.45, 7) is 3.60. The smallest absolute Gasteiger partial charge is 0.359 e. The topological polar surface area (TPSA) is 66.8 Å². The maximum Gasteiger partial charge on any atom is 0.359 e. The summed E-state index contributed by atoms with van der Waals surface area (Å²) in [6, 6.07) is 0. The molecule has 0 fully saturated rings. The number of hydrogen-bond donors (Lipinski definition) is 2. The molecule has 0 spiro atoms. The van der Waals surface area contributed by atoms with Gasteiger partial charge in [-0.05, 0) is 6.42 Å². The Hall–Kier alpha value is -0.650. The van der Waals surface area contributed by atoms with Crippen molar-refractivity contribution in [2.45, 2.75) is 64.4 Å². The number of aliphatic hydroxyl groups is 1. The Morgan fingerprint density at radius 3 is 2.14 bits per heavy atom. The monoisotopic (exact) mass is 318 g/mol. The summed E-state index contributed by atoms with van der Waals surface area (Å²) in [4.78, 5) is 10.7. The Balaban J connectivity index is 3.45. The van der Waals surface area contributed by atoms with Gasteiger partial charge in [0, 0.05) is 6.61 Å². The van der Waals surface area contributed by atoms with Gasteiger partial charge in [0.2, 0.25) is 0 Å². The van der Waals surface area contributed by atoms with E-state index in [9.17, 15) is 9.90 Å². The summed E-state index contributed by atoms with van der Waals surface area (Å²) in [5.41, 5.74) is 0. The first kappa shape index (κ1) is 21.4. The molecule has 0 bridgehead atoms. The van der Waals surface area contributed by atoms with Gasteiger partial charge in [-0.2, -0.15) is 0 Å². The maximum absolute atomic E-state index is 10.7. The van der Waals surface area contributed by atoms with E-state index in [4.69, 9.17) is 9.84 Å². The van der Waals surface area contributed by atoms with Gasteiger partial charge < -0.3 is 19.4 Å². The van der Waals surface area contributed by atoms with Crippen LogP contribution in [0.25, 0.3) is 0 Å². The number of carbonyl (C=O) groups is 1. The quantitative estimate of drug-likeness (QED) is 0.360. The highest BCUT2D eigenvalue weighted by Gasteiger charge is 2.23. The van der Waals surface area contributed by atoms with Crippen molar-refractivity contribution in [3.8, 4) is 0 Å². The lowest BCUT2D eigenvalue weighted by Crippen LogP contribution is -2.49. The molecule has 0 aromatic rings. The molecule has 0 aliphatic carbocycles. The van der Waals surface area contributed by atoms with Crippen LogP contribution in [0.1, 0.15) is 58.3 Å². The fraction of sp³-hybridized carbons (Fsp3) is 0.941. The van der Waals surface area contributed by atoms with Gasteiger partial charge >= 0.3 is 5.97 Å². The zero-order valence-corrected chi connectivity index (χ0v) is 14.7. The van der Waals surface area contributed by atoms with Crippen LogP contribution in [0.4, 0.5) is 0 Å². The van der Waals surface area contributed by atoms with E-state index >= 15 is 0 Å². The SMILES string of the molecule is CCCCCCCCCCOCC(O)C[N+](C)(C)CC(=O)O. The molecule has 0 aromatic heterocycles. The van der Waals surface area contributed by atoms with Crippen molar-refractivity contribution in [1.29, 1.82) is 0 Å². The molecule has 0 aliphatic rings.